The van der Waals surface area contributed by atoms with Crippen molar-refractivity contribution >= 4 is 53.3 Å². The van der Waals surface area contributed by atoms with Crippen molar-refractivity contribution in [3.05, 3.63) is 141 Å². The number of aliphatic hydroxyl groups excluding tert-OH is 2. The maximum atomic E-state index is 12.6. The molecule has 0 spiro atoms. The van der Waals surface area contributed by atoms with Crippen LogP contribution in [0.3, 0.4) is 0 Å². The molecule has 4 heterocycles. The molecule has 2 fully saturated rings. The van der Waals surface area contributed by atoms with Gasteiger partial charge >= 0.3 is 23.6 Å². The van der Waals surface area contributed by atoms with Gasteiger partial charge in [-0.2, -0.15) is 0 Å². The smallest absolute Gasteiger partial charge is 0.410 e. The van der Waals surface area contributed by atoms with Gasteiger partial charge < -0.3 is 65.0 Å². The summed E-state index contributed by atoms with van der Waals surface area (Å²) in [6.45, 7) is 10.8. The Morgan fingerprint density at radius 2 is 0.964 bits per heavy atom. The minimum absolute atomic E-state index is 0.156. The monoisotopic (exact) mass is 1160 g/mol. The minimum atomic E-state index is -1.26. The number of para-hydroxylation sites is 2. The number of piperidine rings is 2. The van der Waals surface area contributed by atoms with E-state index in [0.717, 1.165) is 9.36 Å². The number of amides is 4. The average molecular weight is 1160 g/mol. The number of carbonyl (C=O) groups is 5. The number of hydrogen-bond donors (Lipinski definition) is 4. The summed E-state index contributed by atoms with van der Waals surface area (Å²) in [6, 6.07) is 30.3. The number of ether oxygens (including phenoxy) is 4. The van der Waals surface area contributed by atoms with E-state index in [4.69, 9.17) is 30.4 Å². The van der Waals surface area contributed by atoms with Crippen molar-refractivity contribution in [1.82, 2.24) is 29.4 Å². The standard InChI is InChI=1S/C29H36N6O8.C28H32N6O7/c1-29(2,3)43-28(39)32-15-13-19(14-16-32)33(17-21(37)18-36)27-25(35(40)41)24(26(30)38)34(31-27)20-9-11-23(12-10-20)42-22-7-5-4-6-8-22;1-28(2,3)41-27(37)31-15-13-19(14-16-31)32(17-18-35)26-24(34(38)39)23(25(29)36)33(30-26)20-9-11-22(12-10-20)40-21-7-5-4-6-8-21/h4-12,19,21,36-37H,13-18H2,1-3H3,(H2,30,38);4-12,18-19H,13-17H2,1-3H3,(H2,29,36). The second kappa shape index (κ2) is 27.0. The lowest BCUT2D eigenvalue weighted by atomic mass is 10.0. The van der Waals surface area contributed by atoms with Crippen molar-refractivity contribution in [2.45, 2.75) is 96.6 Å². The molecule has 27 heteroatoms. The van der Waals surface area contributed by atoms with Crippen LogP contribution < -0.4 is 30.7 Å². The van der Waals surface area contributed by atoms with Gasteiger partial charge in [0.05, 0.1) is 40.5 Å². The van der Waals surface area contributed by atoms with Crippen molar-refractivity contribution in [3.8, 4) is 34.4 Å². The van der Waals surface area contributed by atoms with E-state index in [0.29, 0.717) is 79.4 Å². The van der Waals surface area contributed by atoms with Gasteiger partial charge in [-0.15, -0.1) is 10.2 Å². The molecule has 84 heavy (non-hydrogen) atoms. The third-order valence-electron chi connectivity index (χ3n) is 13.2. The average Bonchev–Trinajstić information content (AvgIpc) is 4.22. The molecular formula is C57H68N12O15. The topological polar surface area (TPSA) is 350 Å². The number of carbonyl (C=O) groups excluding carboxylic acids is 5. The quantitative estimate of drug-likeness (QED) is 0.0351. The third kappa shape index (κ3) is 15.7. The van der Waals surface area contributed by atoms with Gasteiger partial charge in [0.25, 0.3) is 11.8 Å². The van der Waals surface area contributed by atoms with Crippen molar-refractivity contribution in [1.29, 1.82) is 0 Å². The van der Waals surface area contributed by atoms with Gasteiger partial charge in [0.2, 0.25) is 23.0 Å². The molecule has 2 saturated heterocycles. The molecule has 0 bridgehead atoms. The van der Waals surface area contributed by atoms with Crippen molar-refractivity contribution < 1.29 is 63.0 Å². The number of aromatic nitrogens is 4. The highest BCUT2D eigenvalue weighted by atomic mass is 16.6. The maximum Gasteiger partial charge on any atom is 0.410 e. The number of nitrogens with zero attached hydrogens (tertiary/aromatic N) is 10. The van der Waals surface area contributed by atoms with Crippen LogP contribution in [0.5, 0.6) is 23.0 Å². The summed E-state index contributed by atoms with van der Waals surface area (Å²) in [5.74, 6) is -0.243. The van der Waals surface area contributed by atoms with E-state index in [9.17, 15) is 54.4 Å². The van der Waals surface area contributed by atoms with Gasteiger partial charge in [0.1, 0.15) is 40.5 Å². The van der Waals surface area contributed by atoms with Gasteiger partial charge in [-0.05, 0) is 140 Å². The summed E-state index contributed by atoms with van der Waals surface area (Å²) in [4.78, 5) is 91.2. The molecule has 446 valence electrons. The fourth-order valence-electron chi connectivity index (χ4n) is 9.45. The van der Waals surface area contributed by atoms with Gasteiger partial charge in [-0.1, -0.05) is 36.4 Å². The van der Waals surface area contributed by atoms with Crippen molar-refractivity contribution in [2.75, 3.05) is 55.7 Å². The molecule has 2 aliphatic rings. The fraction of sp³-hybridized carbons (Fsp3) is 0.386. The van der Waals surface area contributed by atoms with Crippen LogP contribution in [0, 0.1) is 20.2 Å². The molecule has 0 aliphatic carbocycles. The number of likely N-dealkylation sites (tertiary alicyclic amines) is 2. The van der Waals surface area contributed by atoms with Gasteiger partial charge in [0, 0.05) is 44.8 Å². The zero-order chi connectivity index (χ0) is 61.0. The van der Waals surface area contributed by atoms with Crippen LogP contribution in [0.4, 0.5) is 32.6 Å². The lowest BCUT2D eigenvalue weighted by Crippen LogP contribution is -2.50. The molecule has 1 unspecified atom stereocenters. The Balaban J connectivity index is 0.000000241. The van der Waals surface area contributed by atoms with Crippen LogP contribution in [0.1, 0.15) is 88.2 Å². The predicted molar refractivity (Wildman–Crippen MR) is 306 cm³/mol. The van der Waals surface area contributed by atoms with Crippen LogP contribution in [0.15, 0.2) is 109 Å². The Morgan fingerprint density at radius 3 is 1.29 bits per heavy atom. The number of anilines is 2. The minimum Gasteiger partial charge on any atom is -0.457 e. The Kier molecular flexibility index (Phi) is 19.9. The second-order valence-corrected chi connectivity index (χ2v) is 21.6. The Bertz CT molecular complexity index is 3270. The van der Waals surface area contributed by atoms with Gasteiger partial charge in [0.15, 0.2) is 0 Å². The zero-order valence-corrected chi connectivity index (χ0v) is 47.3. The zero-order valence-electron chi connectivity index (χ0n) is 47.3. The second-order valence-electron chi connectivity index (χ2n) is 21.6. The summed E-state index contributed by atoms with van der Waals surface area (Å²) < 4.78 is 24.7. The van der Waals surface area contributed by atoms with Gasteiger partial charge in [-0.25, -0.2) is 19.0 Å². The fourth-order valence-corrected chi connectivity index (χ4v) is 9.45. The SMILES string of the molecule is CC(C)(C)OC(=O)N1CCC(N(CC(O)CO)c2nn(-c3ccc(Oc4ccccc4)cc3)c(C(N)=O)c2[N+](=O)[O-])CC1.CC(C)(C)OC(=O)N1CCC(N(CC=O)c2nn(-c3ccc(Oc4ccccc4)cc3)c(C(N)=O)c2[N+](=O)[O-])CC1. The van der Waals surface area contributed by atoms with Crippen molar-refractivity contribution in [2.24, 2.45) is 11.5 Å². The maximum absolute atomic E-state index is 12.6. The van der Waals surface area contributed by atoms with Gasteiger partial charge in [-0.3, -0.25) is 29.8 Å². The molecule has 0 radical (unpaired) electrons. The molecule has 4 aromatic carbocycles. The first-order chi connectivity index (χ1) is 39.9. The number of primary amides is 2. The van der Waals surface area contributed by atoms with Crippen LogP contribution in [0.2, 0.25) is 0 Å². The third-order valence-corrected chi connectivity index (χ3v) is 13.2. The summed E-state index contributed by atoms with van der Waals surface area (Å²) >= 11 is 0. The first-order valence-corrected chi connectivity index (χ1v) is 26.9. The Hall–Kier alpha value is -9.63. The molecule has 0 saturated carbocycles. The van der Waals surface area contributed by atoms with Crippen LogP contribution in [-0.4, -0.2) is 155 Å². The number of benzene rings is 4. The van der Waals surface area contributed by atoms with E-state index in [1.807, 2.05) is 36.4 Å². The first-order valence-electron chi connectivity index (χ1n) is 26.9. The number of aldehydes is 1. The predicted octanol–water partition coefficient (Wildman–Crippen LogP) is 7.31. The Morgan fingerprint density at radius 1 is 0.619 bits per heavy atom. The van der Waals surface area contributed by atoms with E-state index < -0.39 is 86.6 Å². The molecular weight excluding hydrogens is 1090 g/mol. The molecule has 8 rings (SSSR count). The molecule has 4 amide bonds. The molecule has 2 aliphatic heterocycles. The largest absolute Gasteiger partial charge is 0.457 e. The highest BCUT2D eigenvalue weighted by molar-refractivity contribution is 5.99. The Labute approximate surface area is 483 Å². The number of hydrogen-bond acceptors (Lipinski definition) is 19. The normalized spacial score (nSPS) is 14.3. The van der Waals surface area contributed by atoms with E-state index in [1.165, 1.54) is 9.80 Å². The van der Waals surface area contributed by atoms with E-state index >= 15 is 0 Å². The number of rotatable bonds is 19. The number of nitro groups is 2. The van der Waals surface area contributed by atoms with Crippen LogP contribution >= 0.6 is 0 Å². The first kappa shape index (κ1) is 62.0. The molecule has 2 aromatic heterocycles. The highest BCUT2D eigenvalue weighted by Gasteiger charge is 2.41. The van der Waals surface area contributed by atoms with Crippen LogP contribution in [0.25, 0.3) is 11.4 Å². The molecule has 1 atom stereocenters. The molecule has 6 N–H and O–H groups in total. The lowest BCUT2D eigenvalue weighted by molar-refractivity contribution is -0.384. The highest BCUT2D eigenvalue weighted by Crippen LogP contribution is 2.39. The summed E-state index contributed by atoms with van der Waals surface area (Å²) in [6.07, 6.45) is -0.0635. The molecule has 27 nitrogen and oxygen atoms in total. The lowest BCUT2D eigenvalue weighted by Gasteiger charge is -2.39. The number of aliphatic hydroxyl groups is 2. The molecule has 6 aromatic rings. The van der Waals surface area contributed by atoms with E-state index in [-0.39, 0.29) is 43.9 Å². The number of nitrogens with two attached hydrogens (primary N) is 2. The summed E-state index contributed by atoms with van der Waals surface area (Å²) in [7, 11) is 0. The summed E-state index contributed by atoms with van der Waals surface area (Å²) in [5, 5.41) is 53.5. The summed E-state index contributed by atoms with van der Waals surface area (Å²) in [5.41, 5.74) is 8.48. The van der Waals surface area contributed by atoms with Crippen LogP contribution in [-0.2, 0) is 14.3 Å². The van der Waals surface area contributed by atoms with E-state index in [1.54, 1.807) is 124 Å². The van der Waals surface area contributed by atoms with E-state index in [2.05, 4.69) is 10.2 Å². The van der Waals surface area contributed by atoms with Crippen molar-refractivity contribution in [3.63, 3.8) is 0 Å².